The molecule has 0 saturated carbocycles. The van der Waals surface area contributed by atoms with Gasteiger partial charge in [-0.05, 0) is 68.9 Å². The Bertz CT molecular complexity index is 699. The molecule has 26 heavy (non-hydrogen) atoms. The van der Waals surface area contributed by atoms with Crippen molar-refractivity contribution in [2.45, 2.75) is 40.0 Å². The Balaban J connectivity index is 0.00000338. The number of benzene rings is 1. The smallest absolute Gasteiger partial charge is 0.191 e. The van der Waals surface area contributed by atoms with Crippen molar-refractivity contribution in [1.82, 2.24) is 20.8 Å². The Kier molecular flexibility index (Phi) is 10.2. The minimum absolute atomic E-state index is 0. The van der Waals surface area contributed by atoms with Crippen molar-refractivity contribution >= 4 is 29.9 Å². The van der Waals surface area contributed by atoms with Gasteiger partial charge < -0.3 is 10.6 Å². The Morgan fingerprint density at radius 3 is 2.65 bits per heavy atom. The number of halogens is 2. The number of aromatic nitrogens is 2. The van der Waals surface area contributed by atoms with Crippen LogP contribution in [0.2, 0.25) is 0 Å². The highest BCUT2D eigenvalue weighted by molar-refractivity contribution is 14.0. The first-order chi connectivity index (χ1) is 12.1. The molecule has 0 radical (unpaired) electrons. The molecule has 2 rings (SSSR count). The SMILES string of the molecule is CCNC(=NCCCc1cn[nH]c1C)NCCc1ccc(F)cc1C.I. The maximum absolute atomic E-state index is 13.1. The van der Waals surface area contributed by atoms with E-state index < -0.39 is 0 Å². The highest BCUT2D eigenvalue weighted by Crippen LogP contribution is 2.10. The highest BCUT2D eigenvalue weighted by Gasteiger charge is 2.03. The van der Waals surface area contributed by atoms with Crippen LogP contribution in [0.1, 0.15) is 35.7 Å². The van der Waals surface area contributed by atoms with E-state index in [1.54, 1.807) is 6.07 Å². The Morgan fingerprint density at radius 1 is 1.19 bits per heavy atom. The first kappa shape index (κ1) is 22.4. The molecule has 5 nitrogen and oxygen atoms in total. The van der Waals surface area contributed by atoms with Crippen LogP contribution in [0, 0.1) is 19.7 Å². The van der Waals surface area contributed by atoms with Crippen LogP contribution in [-0.2, 0) is 12.8 Å². The topological polar surface area (TPSA) is 65.1 Å². The minimum Gasteiger partial charge on any atom is -0.357 e. The molecule has 1 aromatic carbocycles. The van der Waals surface area contributed by atoms with E-state index in [1.165, 1.54) is 11.6 Å². The summed E-state index contributed by atoms with van der Waals surface area (Å²) < 4.78 is 13.1. The molecule has 0 aliphatic heterocycles. The summed E-state index contributed by atoms with van der Waals surface area (Å²) in [5.41, 5.74) is 4.52. The van der Waals surface area contributed by atoms with E-state index in [0.29, 0.717) is 0 Å². The van der Waals surface area contributed by atoms with Gasteiger partial charge in [-0.3, -0.25) is 10.1 Å². The molecule has 3 N–H and O–H groups in total. The highest BCUT2D eigenvalue weighted by atomic mass is 127. The van der Waals surface area contributed by atoms with Crippen molar-refractivity contribution < 1.29 is 4.39 Å². The molecular weight excluding hydrogens is 444 g/mol. The third-order valence-electron chi connectivity index (χ3n) is 4.14. The Labute approximate surface area is 172 Å². The van der Waals surface area contributed by atoms with Crippen molar-refractivity contribution in [2.24, 2.45) is 4.99 Å². The predicted octanol–water partition coefficient (Wildman–Crippen LogP) is 3.51. The fraction of sp³-hybridized carbons (Fsp3) is 0.474. The van der Waals surface area contributed by atoms with Gasteiger partial charge in [0.15, 0.2) is 5.96 Å². The van der Waals surface area contributed by atoms with E-state index in [1.807, 2.05) is 26.1 Å². The zero-order valence-corrected chi connectivity index (χ0v) is 18.1. The number of hydrogen-bond donors (Lipinski definition) is 3. The predicted molar refractivity (Wildman–Crippen MR) is 116 cm³/mol. The lowest BCUT2D eigenvalue weighted by atomic mass is 10.1. The molecule has 2 aromatic rings. The van der Waals surface area contributed by atoms with Gasteiger partial charge in [-0.2, -0.15) is 5.10 Å². The second-order valence-electron chi connectivity index (χ2n) is 6.13. The summed E-state index contributed by atoms with van der Waals surface area (Å²) >= 11 is 0. The van der Waals surface area contributed by atoms with Crippen LogP contribution in [0.5, 0.6) is 0 Å². The second-order valence-corrected chi connectivity index (χ2v) is 6.13. The summed E-state index contributed by atoms with van der Waals surface area (Å²) in [5.74, 6) is 0.642. The molecular formula is C19H29FIN5. The van der Waals surface area contributed by atoms with Gasteiger partial charge in [-0.1, -0.05) is 6.07 Å². The maximum Gasteiger partial charge on any atom is 0.191 e. The number of rotatable bonds is 8. The molecule has 0 fully saturated rings. The molecule has 1 aromatic heterocycles. The monoisotopic (exact) mass is 473 g/mol. The van der Waals surface area contributed by atoms with E-state index in [4.69, 9.17) is 0 Å². The molecule has 0 unspecified atom stereocenters. The lowest BCUT2D eigenvalue weighted by molar-refractivity contribution is 0.625. The zero-order chi connectivity index (χ0) is 18.1. The van der Waals surface area contributed by atoms with E-state index in [0.717, 1.165) is 61.7 Å². The number of nitrogens with one attached hydrogen (secondary N) is 3. The molecule has 0 atom stereocenters. The molecule has 144 valence electrons. The standard InChI is InChI=1S/C19H28FN5.HI/c1-4-21-19(22-10-5-6-17-13-24-25-15(17)3)23-11-9-16-7-8-18(20)12-14(16)2;/h7-8,12-13H,4-6,9-11H2,1-3H3,(H,24,25)(H2,21,22,23);1H. The summed E-state index contributed by atoms with van der Waals surface area (Å²) in [6, 6.07) is 4.94. The largest absolute Gasteiger partial charge is 0.357 e. The number of aromatic amines is 1. The maximum atomic E-state index is 13.1. The lowest BCUT2D eigenvalue weighted by Gasteiger charge is -2.12. The van der Waals surface area contributed by atoms with E-state index in [-0.39, 0.29) is 29.8 Å². The van der Waals surface area contributed by atoms with Gasteiger partial charge in [0.05, 0.1) is 6.20 Å². The summed E-state index contributed by atoms with van der Waals surface area (Å²) in [5, 5.41) is 13.6. The number of aryl methyl sites for hydroxylation is 3. The molecule has 0 aliphatic carbocycles. The van der Waals surface area contributed by atoms with E-state index >= 15 is 0 Å². The van der Waals surface area contributed by atoms with E-state index in [2.05, 4.69) is 32.7 Å². The molecule has 1 heterocycles. The van der Waals surface area contributed by atoms with Gasteiger partial charge >= 0.3 is 0 Å². The molecule has 0 aliphatic rings. The van der Waals surface area contributed by atoms with Crippen molar-refractivity contribution in [3.63, 3.8) is 0 Å². The summed E-state index contributed by atoms with van der Waals surface area (Å²) in [6.45, 7) is 8.37. The second kappa shape index (κ2) is 11.9. The third kappa shape index (κ3) is 7.31. The summed E-state index contributed by atoms with van der Waals surface area (Å²) in [4.78, 5) is 4.61. The lowest BCUT2D eigenvalue weighted by Crippen LogP contribution is -2.38. The van der Waals surface area contributed by atoms with Crippen molar-refractivity contribution in [1.29, 1.82) is 0 Å². The van der Waals surface area contributed by atoms with Crippen LogP contribution in [-0.4, -0.2) is 35.8 Å². The molecule has 0 spiro atoms. The average Bonchev–Trinajstić information content (AvgIpc) is 2.98. The zero-order valence-electron chi connectivity index (χ0n) is 15.7. The van der Waals surface area contributed by atoms with E-state index in [9.17, 15) is 4.39 Å². The number of H-pyrrole nitrogens is 1. The van der Waals surface area contributed by atoms with Crippen LogP contribution < -0.4 is 10.6 Å². The van der Waals surface area contributed by atoms with Crippen molar-refractivity contribution in [2.75, 3.05) is 19.6 Å². The first-order valence-electron chi connectivity index (χ1n) is 8.86. The van der Waals surface area contributed by atoms with Crippen LogP contribution in [0.25, 0.3) is 0 Å². The number of aliphatic imine (C=N–C) groups is 1. The molecule has 0 saturated heterocycles. The van der Waals surface area contributed by atoms with Gasteiger partial charge in [0.2, 0.25) is 0 Å². The van der Waals surface area contributed by atoms with Crippen LogP contribution in [0.4, 0.5) is 4.39 Å². The fourth-order valence-corrected chi connectivity index (χ4v) is 2.69. The fourth-order valence-electron chi connectivity index (χ4n) is 2.69. The molecule has 0 bridgehead atoms. The number of guanidine groups is 1. The molecule has 7 heteroatoms. The third-order valence-corrected chi connectivity index (χ3v) is 4.14. The van der Waals surface area contributed by atoms with Crippen LogP contribution >= 0.6 is 24.0 Å². The van der Waals surface area contributed by atoms with Gasteiger partial charge in [0, 0.05) is 25.3 Å². The Morgan fingerprint density at radius 2 is 2.00 bits per heavy atom. The first-order valence-corrected chi connectivity index (χ1v) is 8.86. The van der Waals surface area contributed by atoms with Crippen molar-refractivity contribution in [3.05, 3.63) is 52.6 Å². The number of nitrogens with zero attached hydrogens (tertiary/aromatic N) is 2. The minimum atomic E-state index is -0.183. The van der Waals surface area contributed by atoms with Crippen LogP contribution in [0.3, 0.4) is 0 Å². The van der Waals surface area contributed by atoms with Crippen LogP contribution in [0.15, 0.2) is 29.4 Å². The Hall–Kier alpha value is -1.64. The summed E-state index contributed by atoms with van der Waals surface area (Å²) in [7, 11) is 0. The van der Waals surface area contributed by atoms with Gasteiger partial charge in [-0.15, -0.1) is 24.0 Å². The average molecular weight is 473 g/mol. The van der Waals surface area contributed by atoms with Gasteiger partial charge in [-0.25, -0.2) is 4.39 Å². The normalized spacial score (nSPS) is 11.2. The quantitative estimate of drug-likeness (QED) is 0.238. The molecule has 0 amide bonds. The van der Waals surface area contributed by atoms with Crippen molar-refractivity contribution in [3.8, 4) is 0 Å². The number of hydrogen-bond acceptors (Lipinski definition) is 2. The summed E-state index contributed by atoms with van der Waals surface area (Å²) in [6.07, 6.45) is 4.67. The van der Waals surface area contributed by atoms with Gasteiger partial charge in [0.1, 0.15) is 5.82 Å². The van der Waals surface area contributed by atoms with Gasteiger partial charge in [0.25, 0.3) is 0 Å².